The Morgan fingerprint density at radius 3 is 2.53 bits per heavy atom. The Hall–Kier alpha value is -1.10. The van der Waals surface area contributed by atoms with Crippen molar-refractivity contribution >= 4 is 11.8 Å². The molecule has 98 valence electrons. The lowest BCUT2D eigenvalue weighted by molar-refractivity contribution is -0.139. The third-order valence-electron chi connectivity index (χ3n) is 3.23. The minimum absolute atomic E-state index is 0.0243. The molecule has 0 saturated carbocycles. The first kappa shape index (κ1) is 14.0. The first-order chi connectivity index (χ1) is 7.93. The van der Waals surface area contributed by atoms with Crippen LogP contribution in [0.2, 0.25) is 0 Å². The van der Waals surface area contributed by atoms with E-state index >= 15 is 0 Å². The van der Waals surface area contributed by atoms with Crippen molar-refractivity contribution in [1.29, 1.82) is 0 Å². The first-order valence-electron chi connectivity index (χ1n) is 6.26. The number of hydrogen-bond acceptors (Lipinski definition) is 3. The SMILES string of the molecule is CC(=O)NC(C)C(=O)N1CCCCC1C(C)N. The molecule has 5 heteroatoms. The van der Waals surface area contributed by atoms with Crippen LogP contribution in [0.3, 0.4) is 0 Å². The van der Waals surface area contributed by atoms with Crippen molar-refractivity contribution in [2.45, 2.75) is 58.2 Å². The maximum atomic E-state index is 12.2. The minimum Gasteiger partial charge on any atom is -0.345 e. The summed E-state index contributed by atoms with van der Waals surface area (Å²) in [6.45, 7) is 5.81. The molecule has 0 aromatic rings. The number of carbonyl (C=O) groups is 2. The minimum atomic E-state index is -0.466. The van der Waals surface area contributed by atoms with Gasteiger partial charge in [-0.15, -0.1) is 0 Å². The molecule has 0 spiro atoms. The van der Waals surface area contributed by atoms with E-state index in [0.717, 1.165) is 25.8 Å². The smallest absolute Gasteiger partial charge is 0.245 e. The van der Waals surface area contributed by atoms with Gasteiger partial charge in [0.2, 0.25) is 11.8 Å². The molecule has 0 aromatic heterocycles. The van der Waals surface area contributed by atoms with Gasteiger partial charge in [0.05, 0.1) is 0 Å². The van der Waals surface area contributed by atoms with Gasteiger partial charge in [0, 0.05) is 25.6 Å². The summed E-state index contributed by atoms with van der Waals surface area (Å²) >= 11 is 0. The molecule has 1 heterocycles. The summed E-state index contributed by atoms with van der Waals surface area (Å²) in [5.41, 5.74) is 5.92. The van der Waals surface area contributed by atoms with Gasteiger partial charge in [0.15, 0.2) is 0 Å². The van der Waals surface area contributed by atoms with Gasteiger partial charge in [0.1, 0.15) is 6.04 Å². The number of amides is 2. The highest BCUT2D eigenvalue weighted by Crippen LogP contribution is 2.19. The Balaban J connectivity index is 2.67. The summed E-state index contributed by atoms with van der Waals surface area (Å²) in [5, 5.41) is 2.63. The van der Waals surface area contributed by atoms with Crippen molar-refractivity contribution in [3.63, 3.8) is 0 Å². The Morgan fingerprint density at radius 1 is 1.35 bits per heavy atom. The van der Waals surface area contributed by atoms with Crippen molar-refractivity contribution in [1.82, 2.24) is 10.2 Å². The molecule has 1 aliphatic heterocycles. The second-order valence-corrected chi connectivity index (χ2v) is 4.88. The molecule has 5 nitrogen and oxygen atoms in total. The maximum Gasteiger partial charge on any atom is 0.245 e. The number of nitrogens with two attached hydrogens (primary N) is 1. The van der Waals surface area contributed by atoms with E-state index in [4.69, 9.17) is 5.73 Å². The van der Waals surface area contributed by atoms with Gasteiger partial charge in [-0.2, -0.15) is 0 Å². The zero-order valence-electron chi connectivity index (χ0n) is 10.9. The number of likely N-dealkylation sites (tertiary alicyclic amines) is 1. The highest BCUT2D eigenvalue weighted by Gasteiger charge is 2.31. The van der Waals surface area contributed by atoms with E-state index < -0.39 is 6.04 Å². The predicted molar refractivity (Wildman–Crippen MR) is 66.3 cm³/mol. The Morgan fingerprint density at radius 2 is 2.00 bits per heavy atom. The maximum absolute atomic E-state index is 12.2. The average Bonchev–Trinajstić information content (AvgIpc) is 2.27. The molecular weight excluding hydrogens is 218 g/mol. The molecule has 0 aliphatic carbocycles. The third kappa shape index (κ3) is 3.70. The summed E-state index contributed by atoms with van der Waals surface area (Å²) in [5.74, 6) is -0.206. The Bertz CT molecular complexity index is 291. The summed E-state index contributed by atoms with van der Waals surface area (Å²) in [7, 11) is 0. The van der Waals surface area contributed by atoms with Crippen molar-refractivity contribution < 1.29 is 9.59 Å². The fourth-order valence-electron chi connectivity index (χ4n) is 2.39. The third-order valence-corrected chi connectivity index (χ3v) is 3.23. The molecule has 1 rings (SSSR count). The molecule has 3 N–H and O–H groups in total. The summed E-state index contributed by atoms with van der Waals surface area (Å²) in [6, 6.07) is -0.386. The fourth-order valence-corrected chi connectivity index (χ4v) is 2.39. The van der Waals surface area contributed by atoms with Crippen LogP contribution in [0, 0.1) is 0 Å². The van der Waals surface area contributed by atoms with E-state index in [-0.39, 0.29) is 23.9 Å². The van der Waals surface area contributed by atoms with Crippen LogP contribution in [0.25, 0.3) is 0 Å². The average molecular weight is 241 g/mol. The molecule has 17 heavy (non-hydrogen) atoms. The second-order valence-electron chi connectivity index (χ2n) is 4.88. The molecule has 1 fully saturated rings. The fraction of sp³-hybridized carbons (Fsp3) is 0.833. The monoisotopic (exact) mass is 241 g/mol. The molecule has 1 saturated heterocycles. The first-order valence-corrected chi connectivity index (χ1v) is 6.26. The van der Waals surface area contributed by atoms with Gasteiger partial charge in [-0.05, 0) is 33.1 Å². The van der Waals surface area contributed by atoms with Crippen LogP contribution in [-0.4, -0.2) is 41.4 Å². The number of rotatable bonds is 3. The van der Waals surface area contributed by atoms with E-state index in [2.05, 4.69) is 5.32 Å². The van der Waals surface area contributed by atoms with Crippen LogP contribution in [0.15, 0.2) is 0 Å². The summed E-state index contributed by atoms with van der Waals surface area (Å²) in [4.78, 5) is 25.0. The van der Waals surface area contributed by atoms with E-state index in [0.29, 0.717) is 0 Å². The Kier molecular flexibility index (Phi) is 4.93. The van der Waals surface area contributed by atoms with Crippen LogP contribution in [0.4, 0.5) is 0 Å². The van der Waals surface area contributed by atoms with Crippen molar-refractivity contribution in [2.75, 3.05) is 6.54 Å². The molecule has 0 radical (unpaired) electrons. The van der Waals surface area contributed by atoms with Crippen LogP contribution in [0.5, 0.6) is 0 Å². The van der Waals surface area contributed by atoms with Crippen LogP contribution in [0.1, 0.15) is 40.0 Å². The van der Waals surface area contributed by atoms with Gasteiger partial charge >= 0.3 is 0 Å². The molecule has 0 aromatic carbocycles. The zero-order valence-corrected chi connectivity index (χ0v) is 10.9. The van der Waals surface area contributed by atoms with Gasteiger partial charge in [-0.3, -0.25) is 9.59 Å². The number of piperidine rings is 1. The van der Waals surface area contributed by atoms with Crippen LogP contribution < -0.4 is 11.1 Å². The van der Waals surface area contributed by atoms with E-state index in [1.807, 2.05) is 11.8 Å². The van der Waals surface area contributed by atoms with Gasteiger partial charge < -0.3 is 16.0 Å². The number of nitrogens with one attached hydrogen (secondary N) is 1. The standard InChI is InChI=1S/C12H23N3O2/c1-8(13)11-6-4-5-7-15(11)12(17)9(2)14-10(3)16/h8-9,11H,4-7,13H2,1-3H3,(H,14,16). The Labute approximate surface area is 103 Å². The normalized spacial score (nSPS) is 24.0. The number of carbonyl (C=O) groups excluding carboxylic acids is 2. The summed E-state index contributed by atoms with van der Waals surface area (Å²) in [6.07, 6.45) is 3.09. The molecule has 3 atom stereocenters. The lowest BCUT2D eigenvalue weighted by Crippen LogP contribution is -2.56. The molecule has 3 unspecified atom stereocenters. The highest BCUT2D eigenvalue weighted by atomic mass is 16.2. The highest BCUT2D eigenvalue weighted by molar-refractivity contribution is 5.86. The largest absolute Gasteiger partial charge is 0.345 e. The lowest BCUT2D eigenvalue weighted by atomic mass is 9.96. The number of hydrogen-bond donors (Lipinski definition) is 2. The van der Waals surface area contributed by atoms with Crippen molar-refractivity contribution in [3.05, 3.63) is 0 Å². The summed E-state index contributed by atoms with van der Waals surface area (Å²) < 4.78 is 0. The lowest BCUT2D eigenvalue weighted by Gasteiger charge is -2.39. The topological polar surface area (TPSA) is 75.4 Å². The van der Waals surface area contributed by atoms with Gasteiger partial charge in [-0.25, -0.2) is 0 Å². The second kappa shape index (κ2) is 6.00. The molecule has 2 amide bonds. The predicted octanol–water partition coefficient (Wildman–Crippen LogP) is 0.239. The number of nitrogens with zero attached hydrogens (tertiary/aromatic N) is 1. The van der Waals surface area contributed by atoms with E-state index in [1.54, 1.807) is 6.92 Å². The van der Waals surface area contributed by atoms with Gasteiger partial charge in [0.25, 0.3) is 0 Å². The molecule has 0 bridgehead atoms. The zero-order chi connectivity index (χ0) is 13.0. The van der Waals surface area contributed by atoms with Gasteiger partial charge in [-0.1, -0.05) is 0 Å². The van der Waals surface area contributed by atoms with Crippen LogP contribution in [-0.2, 0) is 9.59 Å². The molecule has 1 aliphatic rings. The van der Waals surface area contributed by atoms with Crippen LogP contribution >= 0.6 is 0 Å². The molecular formula is C12H23N3O2. The van der Waals surface area contributed by atoms with E-state index in [1.165, 1.54) is 6.92 Å². The van der Waals surface area contributed by atoms with Crippen molar-refractivity contribution in [3.8, 4) is 0 Å². The van der Waals surface area contributed by atoms with E-state index in [9.17, 15) is 9.59 Å². The quantitative estimate of drug-likeness (QED) is 0.743. The van der Waals surface area contributed by atoms with Crippen molar-refractivity contribution in [2.24, 2.45) is 5.73 Å².